The van der Waals surface area contributed by atoms with E-state index in [0.717, 1.165) is 0 Å². The van der Waals surface area contributed by atoms with E-state index in [1.165, 1.54) is 12.7 Å². The predicted octanol–water partition coefficient (Wildman–Crippen LogP) is -0.488. The predicted molar refractivity (Wildman–Crippen MR) is 61.7 cm³/mol. The van der Waals surface area contributed by atoms with Gasteiger partial charge >= 0.3 is 7.60 Å². The number of aromatic nitrogens is 4. The fourth-order valence-electron chi connectivity index (χ4n) is 1.41. The fourth-order valence-corrected chi connectivity index (χ4v) is 1.78. The number of hydrogen-bond donors (Lipinski definition) is 3. The summed E-state index contributed by atoms with van der Waals surface area (Å²) in [7, 11) is -4.13. The topological polar surface area (TPSA) is 136 Å². The molecule has 9 nitrogen and oxygen atoms in total. The first-order valence-corrected chi connectivity index (χ1v) is 6.81. The summed E-state index contributed by atoms with van der Waals surface area (Å²) in [5, 5.41) is 0. The van der Waals surface area contributed by atoms with Gasteiger partial charge in [0.2, 0.25) is 0 Å². The molecule has 0 saturated carbocycles. The molecule has 2 aliphatic rings. The number of imidazole rings is 1. The molecule has 0 aromatic heterocycles. The van der Waals surface area contributed by atoms with Crippen LogP contribution < -0.4 is 5.73 Å². The van der Waals surface area contributed by atoms with Gasteiger partial charge in [-0.05, 0) is 0 Å². The maximum absolute atomic E-state index is 10.6. The van der Waals surface area contributed by atoms with Crippen molar-refractivity contribution >= 4 is 13.4 Å². The molecule has 2 aliphatic heterocycles. The first-order valence-electron chi connectivity index (χ1n) is 5.01. The Morgan fingerprint density at radius 2 is 2.17 bits per heavy atom. The molecule has 0 spiro atoms. The largest absolute Gasteiger partial charge is 0.382 e. The normalized spacial score (nSPS) is 12.1. The molecule has 18 heavy (non-hydrogen) atoms. The first-order chi connectivity index (χ1) is 8.47. The quantitative estimate of drug-likeness (QED) is 0.490. The van der Waals surface area contributed by atoms with Gasteiger partial charge < -0.3 is 24.8 Å². The van der Waals surface area contributed by atoms with Gasteiger partial charge in [0.25, 0.3) is 0 Å². The average Bonchev–Trinajstić information content (AvgIpc) is 2.75. The number of ether oxygens (including phenoxy) is 1. The van der Waals surface area contributed by atoms with E-state index in [-0.39, 0.29) is 12.4 Å². The van der Waals surface area contributed by atoms with Gasteiger partial charge in [-0.3, -0.25) is 4.57 Å². The number of nitrogens with two attached hydrogens (primary N) is 1. The zero-order chi connectivity index (χ0) is 13.2. The van der Waals surface area contributed by atoms with E-state index >= 15 is 0 Å². The molecule has 0 amide bonds. The van der Waals surface area contributed by atoms with Crippen molar-refractivity contribution in [3.63, 3.8) is 0 Å². The third kappa shape index (κ3) is 3.02. The Bertz CT molecular complexity index is 553. The second kappa shape index (κ2) is 4.99. The van der Waals surface area contributed by atoms with Crippen molar-refractivity contribution in [1.82, 2.24) is 19.5 Å². The highest BCUT2D eigenvalue weighted by molar-refractivity contribution is 7.51. The molecule has 98 valence electrons. The summed E-state index contributed by atoms with van der Waals surface area (Å²) in [5.74, 6) is 0.845. The van der Waals surface area contributed by atoms with Crippen LogP contribution in [0.4, 0.5) is 5.82 Å². The van der Waals surface area contributed by atoms with Crippen LogP contribution in [0.15, 0.2) is 12.7 Å². The van der Waals surface area contributed by atoms with Crippen LogP contribution in [0.3, 0.4) is 0 Å². The minimum atomic E-state index is -4.13. The fraction of sp³-hybridized carbons (Fsp3) is 0.375. The molecular formula is C8H12N5O4P. The highest BCUT2D eigenvalue weighted by atomic mass is 31.2. The van der Waals surface area contributed by atoms with Crippen LogP contribution in [0.2, 0.25) is 0 Å². The summed E-state index contributed by atoms with van der Waals surface area (Å²) in [5.41, 5.74) is 6.11. The number of nitrogen functional groups attached to an aromatic ring is 1. The lowest BCUT2D eigenvalue weighted by Crippen LogP contribution is -2.12. The SMILES string of the molecule is Nc1ncn(CCOCP(=O)(O)O)c2ncnc1-2. The number of fused-ring (bicyclic) bond motifs is 1. The molecule has 0 fully saturated rings. The van der Waals surface area contributed by atoms with Crippen LogP contribution in [0, 0.1) is 0 Å². The van der Waals surface area contributed by atoms with E-state index in [9.17, 15) is 4.57 Å². The van der Waals surface area contributed by atoms with E-state index in [4.69, 9.17) is 20.3 Å². The van der Waals surface area contributed by atoms with Crippen molar-refractivity contribution in [1.29, 1.82) is 0 Å². The van der Waals surface area contributed by atoms with E-state index in [0.29, 0.717) is 18.1 Å². The third-order valence-corrected chi connectivity index (χ3v) is 2.68. The smallest absolute Gasteiger partial charge is 0.350 e. The molecule has 2 rings (SSSR count). The summed E-state index contributed by atoms with van der Waals surface area (Å²) in [6, 6.07) is 0. The van der Waals surface area contributed by atoms with Crippen LogP contribution in [0.5, 0.6) is 0 Å². The van der Waals surface area contributed by atoms with Crippen LogP contribution in [-0.4, -0.2) is 42.3 Å². The van der Waals surface area contributed by atoms with Crippen molar-refractivity contribution in [2.75, 3.05) is 18.7 Å². The lowest BCUT2D eigenvalue weighted by molar-refractivity contribution is 0.148. The first kappa shape index (κ1) is 12.9. The molecule has 0 radical (unpaired) electrons. The number of anilines is 1. The van der Waals surface area contributed by atoms with E-state index in [1.54, 1.807) is 4.57 Å². The molecule has 4 N–H and O–H groups in total. The molecular weight excluding hydrogens is 261 g/mol. The molecule has 0 aliphatic carbocycles. The van der Waals surface area contributed by atoms with Crippen LogP contribution in [0.1, 0.15) is 0 Å². The lowest BCUT2D eigenvalue weighted by Gasteiger charge is -2.11. The zero-order valence-corrected chi connectivity index (χ0v) is 10.2. The van der Waals surface area contributed by atoms with Gasteiger partial charge in [0, 0.05) is 6.54 Å². The van der Waals surface area contributed by atoms with Gasteiger partial charge in [-0.15, -0.1) is 0 Å². The summed E-state index contributed by atoms with van der Waals surface area (Å²) < 4.78 is 17.1. The highest BCUT2D eigenvalue weighted by Crippen LogP contribution is 2.33. The minimum Gasteiger partial charge on any atom is -0.382 e. The molecule has 0 saturated heterocycles. The van der Waals surface area contributed by atoms with Gasteiger partial charge in [0.05, 0.1) is 12.9 Å². The van der Waals surface area contributed by atoms with Gasteiger partial charge in [-0.25, -0.2) is 15.0 Å². The molecule has 10 heteroatoms. The van der Waals surface area contributed by atoms with Crippen LogP contribution in [0.25, 0.3) is 11.5 Å². The average molecular weight is 273 g/mol. The van der Waals surface area contributed by atoms with E-state index in [2.05, 4.69) is 15.0 Å². The second-order valence-corrected chi connectivity index (χ2v) is 5.16. The van der Waals surface area contributed by atoms with Crippen LogP contribution in [-0.2, 0) is 15.8 Å². The summed E-state index contributed by atoms with van der Waals surface area (Å²) in [6.45, 7) is 0.478. The van der Waals surface area contributed by atoms with E-state index in [1.807, 2.05) is 0 Å². The van der Waals surface area contributed by atoms with Gasteiger partial charge in [-0.1, -0.05) is 0 Å². The Labute approximate surface area is 102 Å². The maximum atomic E-state index is 10.6. The summed E-state index contributed by atoms with van der Waals surface area (Å²) >= 11 is 0. The molecule has 0 bridgehead atoms. The van der Waals surface area contributed by atoms with Crippen molar-refractivity contribution in [3.8, 4) is 11.5 Å². The van der Waals surface area contributed by atoms with Gasteiger partial charge in [0.1, 0.15) is 18.4 Å². The third-order valence-electron chi connectivity index (χ3n) is 2.17. The minimum absolute atomic E-state index is 0.128. The monoisotopic (exact) mass is 273 g/mol. The summed E-state index contributed by atoms with van der Waals surface area (Å²) in [6.07, 6.45) is 2.24. The Morgan fingerprint density at radius 3 is 2.89 bits per heavy atom. The molecule has 0 aromatic carbocycles. The van der Waals surface area contributed by atoms with Crippen molar-refractivity contribution in [2.24, 2.45) is 0 Å². The van der Waals surface area contributed by atoms with Crippen molar-refractivity contribution in [2.45, 2.75) is 6.54 Å². The van der Waals surface area contributed by atoms with Gasteiger partial charge in [-0.2, -0.15) is 0 Å². The number of rotatable bonds is 5. The van der Waals surface area contributed by atoms with Crippen molar-refractivity contribution < 1.29 is 19.1 Å². The Kier molecular flexibility index (Phi) is 3.58. The second-order valence-electron chi connectivity index (χ2n) is 3.57. The lowest BCUT2D eigenvalue weighted by atomic mass is 10.4. The Morgan fingerprint density at radius 1 is 1.39 bits per heavy atom. The molecule has 0 atom stereocenters. The van der Waals surface area contributed by atoms with Crippen LogP contribution >= 0.6 is 7.60 Å². The standard InChI is InChI=1S/C8H12N5O4P/c9-7-6-8(11-3-10-6)13(4-12-7)1-2-17-5-18(14,15)16/h3-4H,1-2,5,9H2,(H2,14,15,16). The van der Waals surface area contributed by atoms with Crippen molar-refractivity contribution in [3.05, 3.63) is 12.7 Å². The number of nitrogens with zero attached hydrogens (tertiary/aromatic N) is 4. The molecule has 2 heterocycles. The molecule has 0 aromatic rings. The van der Waals surface area contributed by atoms with Gasteiger partial charge in [0.15, 0.2) is 11.6 Å². The Hall–Kier alpha value is -1.54. The zero-order valence-electron chi connectivity index (χ0n) is 9.30. The maximum Gasteiger partial charge on any atom is 0.350 e. The summed E-state index contributed by atoms with van der Waals surface area (Å²) in [4.78, 5) is 29.2. The Balaban J connectivity index is 1.99. The molecule has 0 unspecified atom stereocenters. The number of hydrogen-bond acceptors (Lipinski definition) is 6. The van der Waals surface area contributed by atoms with E-state index < -0.39 is 13.9 Å². The highest BCUT2D eigenvalue weighted by Gasteiger charge is 2.15.